The van der Waals surface area contributed by atoms with E-state index >= 15 is 0 Å². The number of halogens is 4. The van der Waals surface area contributed by atoms with Crippen LogP contribution in [0.25, 0.3) is 0 Å². The number of pyridine rings is 1. The summed E-state index contributed by atoms with van der Waals surface area (Å²) in [6, 6.07) is 2.28. The molecule has 0 spiro atoms. The average molecular weight is 237 g/mol. The van der Waals surface area contributed by atoms with Gasteiger partial charge in [0.2, 0.25) is 6.10 Å². The summed E-state index contributed by atoms with van der Waals surface area (Å²) in [5.74, 6) is 0. The van der Waals surface area contributed by atoms with Crippen molar-refractivity contribution in [2.24, 2.45) is 0 Å². The van der Waals surface area contributed by atoms with E-state index in [1.165, 1.54) is 12.2 Å². The molecule has 0 aliphatic carbocycles. The van der Waals surface area contributed by atoms with E-state index in [2.05, 4.69) is 20.7 Å². The average Bonchev–Trinajstić information content (AvgIpc) is 2.03. The van der Waals surface area contributed by atoms with Gasteiger partial charge < -0.3 is 0 Å². The van der Waals surface area contributed by atoms with E-state index in [-0.39, 0.29) is 0 Å². The molecule has 0 saturated carbocycles. The molecule has 0 N–H and O–H groups in total. The van der Waals surface area contributed by atoms with Crippen LogP contribution in [0.5, 0.6) is 0 Å². The summed E-state index contributed by atoms with van der Waals surface area (Å²) in [5.41, 5.74) is -0.274. The minimum absolute atomic E-state index is 0.600. The van der Waals surface area contributed by atoms with Crippen LogP contribution in [0.3, 0.4) is 0 Å². The van der Waals surface area contributed by atoms with Crippen molar-refractivity contribution >= 4 is 27.3 Å². The monoisotopic (exact) mass is 236 g/mol. The van der Waals surface area contributed by atoms with Gasteiger partial charge in [-0.3, -0.25) is 4.98 Å². The molecule has 0 aliphatic rings. The predicted molar refractivity (Wildman–Crippen MR) is 43.6 cm³/mol. The smallest absolute Gasteiger partial charge is 0.252 e. The Morgan fingerprint density at radius 2 is 2.00 bits per heavy atom. The van der Waals surface area contributed by atoms with Crippen molar-refractivity contribution in [3.05, 3.63) is 24.0 Å². The zero-order valence-corrected chi connectivity index (χ0v) is 7.35. The maximum Gasteiger partial charge on any atom is 0.433 e. The van der Waals surface area contributed by atoms with E-state index in [1.807, 2.05) is 0 Å². The summed E-state index contributed by atoms with van der Waals surface area (Å²) in [6.45, 7) is 0. The van der Waals surface area contributed by atoms with Crippen molar-refractivity contribution in [1.29, 1.82) is 0 Å². The Morgan fingerprint density at radius 1 is 1.33 bits per heavy atom. The van der Waals surface area contributed by atoms with Gasteiger partial charge in [-0.2, -0.15) is 28.9 Å². The van der Waals surface area contributed by atoms with E-state index in [1.54, 1.807) is 0 Å². The maximum atomic E-state index is 11.9. The van der Waals surface area contributed by atoms with Crippen LogP contribution in [0, 0.1) is 0 Å². The molecule has 0 amide bonds. The van der Waals surface area contributed by atoms with Crippen LogP contribution in [0.2, 0.25) is 0 Å². The highest BCUT2D eigenvalue weighted by Crippen LogP contribution is 2.26. The van der Waals surface area contributed by atoms with Crippen molar-refractivity contribution in [1.82, 2.24) is 4.98 Å². The molecule has 1 radical (unpaired) electrons. The Bertz CT molecular complexity index is 258. The maximum absolute atomic E-state index is 11.9. The summed E-state index contributed by atoms with van der Waals surface area (Å²) in [4.78, 5) is 3.23. The molecule has 1 aromatic rings. The molecule has 6 heteroatoms. The van der Waals surface area contributed by atoms with Crippen LogP contribution >= 0.6 is 15.8 Å². The normalized spacial score (nSPS) is 11.3. The van der Waals surface area contributed by atoms with Gasteiger partial charge in [-0.05, 0) is 6.07 Å². The number of alkyl halides is 3. The number of hydrogen-bond donors (Lipinski definition) is 0. The molecular weight excluding hydrogens is 234 g/mol. The predicted octanol–water partition coefficient (Wildman–Crippen LogP) is 1.74. The Labute approximate surface area is 76.2 Å². The molecule has 0 fully saturated rings. The van der Waals surface area contributed by atoms with Crippen LogP contribution in [0.15, 0.2) is 18.3 Å². The first-order valence-corrected chi connectivity index (χ1v) is 3.92. The fraction of sp³-hybridized carbons (Fsp3) is 0.167. The third-order valence-corrected chi connectivity index (χ3v) is 1.73. The lowest BCUT2D eigenvalue weighted by molar-refractivity contribution is -0.141. The number of aromatic nitrogens is 1. The van der Waals surface area contributed by atoms with Crippen molar-refractivity contribution < 1.29 is 13.2 Å². The van der Waals surface area contributed by atoms with Gasteiger partial charge >= 0.3 is 6.18 Å². The molecule has 0 bridgehead atoms. The first kappa shape index (κ1) is 9.57. The molecule has 0 atom stereocenters. The summed E-state index contributed by atoms with van der Waals surface area (Å²) >= 11 is 2.99. The molecule has 1 aromatic heterocycles. The van der Waals surface area contributed by atoms with Gasteiger partial charge in [0.1, 0.15) is 5.69 Å². The van der Waals surface area contributed by atoms with E-state index < -0.39 is 11.9 Å². The van der Waals surface area contributed by atoms with Gasteiger partial charge in [0.25, 0.3) is 0 Å². The fourth-order valence-electron chi connectivity index (χ4n) is 0.638. The van der Waals surface area contributed by atoms with Crippen LogP contribution in [0.1, 0.15) is 5.69 Å². The van der Waals surface area contributed by atoms with Crippen molar-refractivity contribution in [2.45, 2.75) is 6.18 Å². The molecule has 12 heavy (non-hydrogen) atoms. The molecule has 0 aromatic carbocycles. The largest absolute Gasteiger partial charge is 0.433 e. The second kappa shape index (κ2) is 3.47. The number of hydrogen-bond acceptors (Lipinski definition) is 1. The first-order chi connectivity index (χ1) is 5.54. The number of nitrogens with zero attached hydrogens (tertiary/aromatic N) is 1. The lowest BCUT2D eigenvalue weighted by atomic mass is 9.98. The summed E-state index contributed by atoms with van der Waals surface area (Å²) in [6.07, 6.45) is -1.71. The second-order valence-corrected chi connectivity index (χ2v) is 2.54. The van der Waals surface area contributed by atoms with E-state index in [0.29, 0.717) is 5.46 Å². The van der Waals surface area contributed by atoms with Crippen LogP contribution in [-0.2, 0) is 6.18 Å². The second-order valence-electron chi connectivity index (χ2n) is 2.08. The molecule has 1 nitrogen and oxygen atoms in total. The molecule has 63 valence electrons. The van der Waals surface area contributed by atoms with Crippen molar-refractivity contribution in [3.63, 3.8) is 0 Å². The molecule has 1 rings (SSSR count). The molecule has 0 unspecified atom stereocenters. The first-order valence-electron chi connectivity index (χ1n) is 3.01. The Hall–Kier alpha value is -0.515. The lowest BCUT2D eigenvalue weighted by Gasteiger charge is -2.04. The van der Waals surface area contributed by atoms with Crippen LogP contribution in [0.4, 0.5) is 13.2 Å². The standard InChI is InChI=1S/C6H3BBrF3N/c8-7-4-1-2-5(12-3-4)6(9,10)11/h1-3H. The van der Waals surface area contributed by atoms with Crippen molar-refractivity contribution in [3.8, 4) is 0 Å². The topological polar surface area (TPSA) is 12.9 Å². The molecule has 1 heterocycles. The molecular formula is C6H3BBrF3N. The minimum atomic E-state index is -4.36. The van der Waals surface area contributed by atoms with Crippen LogP contribution in [-0.4, -0.2) is 11.1 Å². The fourth-order valence-corrected chi connectivity index (χ4v) is 0.908. The van der Waals surface area contributed by atoms with Crippen LogP contribution < -0.4 is 5.46 Å². The molecule has 0 aliphatic heterocycles. The summed E-state index contributed by atoms with van der Waals surface area (Å²) in [7, 11) is 0. The highest BCUT2D eigenvalue weighted by Gasteiger charge is 2.31. The van der Waals surface area contributed by atoms with Gasteiger partial charge in [-0.1, -0.05) is 11.5 Å². The Morgan fingerprint density at radius 3 is 2.33 bits per heavy atom. The summed E-state index contributed by atoms with van der Waals surface area (Å²) in [5, 5.41) is 0. The van der Waals surface area contributed by atoms with Gasteiger partial charge in [0.15, 0.2) is 0 Å². The van der Waals surface area contributed by atoms with Gasteiger partial charge in [0, 0.05) is 6.20 Å². The highest BCUT2D eigenvalue weighted by atomic mass is 79.9. The Kier molecular flexibility index (Phi) is 2.77. The van der Waals surface area contributed by atoms with E-state index in [0.717, 1.165) is 12.3 Å². The quantitative estimate of drug-likeness (QED) is 0.677. The SMILES string of the molecule is FC(F)(F)c1ccc([B]Br)cn1. The third kappa shape index (κ3) is 2.23. The van der Waals surface area contributed by atoms with Crippen molar-refractivity contribution in [2.75, 3.05) is 0 Å². The number of rotatable bonds is 1. The minimum Gasteiger partial charge on any atom is -0.252 e. The highest BCUT2D eigenvalue weighted by molar-refractivity contribution is 9.23. The third-order valence-electron chi connectivity index (χ3n) is 1.20. The zero-order valence-electron chi connectivity index (χ0n) is 5.77. The van der Waals surface area contributed by atoms with Gasteiger partial charge in [0.05, 0.1) is 0 Å². The van der Waals surface area contributed by atoms with Gasteiger partial charge in [-0.15, -0.1) is 0 Å². The lowest BCUT2D eigenvalue weighted by Crippen LogP contribution is -2.14. The van der Waals surface area contributed by atoms with E-state index in [4.69, 9.17) is 0 Å². The summed E-state index contributed by atoms with van der Waals surface area (Å²) < 4.78 is 35.8. The zero-order chi connectivity index (χ0) is 9.19. The Balaban J connectivity index is 2.93. The van der Waals surface area contributed by atoms with E-state index in [9.17, 15) is 13.2 Å². The van der Waals surface area contributed by atoms with Gasteiger partial charge in [-0.25, -0.2) is 0 Å². The molecule has 0 saturated heterocycles.